The summed E-state index contributed by atoms with van der Waals surface area (Å²) >= 11 is 0. The van der Waals surface area contributed by atoms with Gasteiger partial charge in [0.15, 0.2) is 0 Å². The van der Waals surface area contributed by atoms with Crippen molar-refractivity contribution in [1.29, 1.82) is 0 Å². The highest BCUT2D eigenvalue weighted by atomic mass is 16.6. The van der Waals surface area contributed by atoms with E-state index < -0.39 is 12.1 Å². The average Bonchev–Trinajstić information content (AvgIpc) is 2.30. The van der Waals surface area contributed by atoms with Gasteiger partial charge in [0.1, 0.15) is 0 Å². The number of hydrogen-bond acceptors (Lipinski definition) is 4. The summed E-state index contributed by atoms with van der Waals surface area (Å²) in [5.74, 6) is -1.07. The van der Waals surface area contributed by atoms with Crippen LogP contribution >= 0.6 is 0 Å². The van der Waals surface area contributed by atoms with Crippen LogP contribution in [0.2, 0.25) is 0 Å². The summed E-state index contributed by atoms with van der Waals surface area (Å²) in [6.45, 7) is 0.922. The Labute approximate surface area is 91.5 Å². The molecule has 0 aliphatic carbocycles. The van der Waals surface area contributed by atoms with Crippen molar-refractivity contribution in [3.8, 4) is 0 Å². The summed E-state index contributed by atoms with van der Waals surface area (Å²) in [5.41, 5.74) is 0.500. The minimum atomic E-state index is -1.07. The van der Waals surface area contributed by atoms with Crippen LogP contribution in [0.25, 0.3) is 0 Å². The molecule has 1 aliphatic rings. The SMILES string of the molecule is O=C(O)c1cncc(N2CCCOC2=O)c1. The van der Waals surface area contributed by atoms with Gasteiger partial charge in [-0.3, -0.25) is 9.88 Å². The maximum absolute atomic E-state index is 11.4. The van der Waals surface area contributed by atoms with Crippen LogP contribution in [0.4, 0.5) is 10.5 Å². The van der Waals surface area contributed by atoms with Crippen LogP contribution in [-0.4, -0.2) is 35.3 Å². The normalized spacial score (nSPS) is 15.8. The van der Waals surface area contributed by atoms with Crippen molar-refractivity contribution in [1.82, 2.24) is 4.98 Å². The number of carbonyl (C=O) groups excluding carboxylic acids is 1. The maximum Gasteiger partial charge on any atom is 0.414 e. The Bertz CT molecular complexity index is 433. The van der Waals surface area contributed by atoms with Crippen LogP contribution in [0.1, 0.15) is 16.8 Å². The van der Waals surface area contributed by atoms with E-state index in [0.29, 0.717) is 18.8 Å². The molecule has 1 fully saturated rings. The highest BCUT2D eigenvalue weighted by Crippen LogP contribution is 2.18. The number of carbonyl (C=O) groups is 2. The van der Waals surface area contributed by atoms with Crippen molar-refractivity contribution in [3.05, 3.63) is 24.0 Å². The molecule has 1 amide bonds. The van der Waals surface area contributed by atoms with Gasteiger partial charge in [0, 0.05) is 12.7 Å². The second kappa shape index (κ2) is 4.18. The molecule has 0 unspecified atom stereocenters. The molecule has 1 N–H and O–H groups in total. The van der Waals surface area contributed by atoms with Crippen molar-refractivity contribution < 1.29 is 19.4 Å². The third-order valence-electron chi connectivity index (χ3n) is 2.25. The van der Waals surface area contributed by atoms with E-state index in [4.69, 9.17) is 9.84 Å². The molecular formula is C10H10N2O4. The van der Waals surface area contributed by atoms with Gasteiger partial charge in [-0.2, -0.15) is 0 Å². The van der Waals surface area contributed by atoms with Crippen LogP contribution in [-0.2, 0) is 4.74 Å². The van der Waals surface area contributed by atoms with Gasteiger partial charge >= 0.3 is 12.1 Å². The number of carboxylic acid groups (broad SMARTS) is 1. The number of rotatable bonds is 2. The van der Waals surface area contributed by atoms with Gasteiger partial charge < -0.3 is 9.84 Å². The lowest BCUT2D eigenvalue weighted by Crippen LogP contribution is -2.37. The van der Waals surface area contributed by atoms with Crippen LogP contribution < -0.4 is 4.90 Å². The van der Waals surface area contributed by atoms with Crippen molar-refractivity contribution >= 4 is 17.7 Å². The first-order chi connectivity index (χ1) is 7.68. The summed E-state index contributed by atoms with van der Waals surface area (Å²) in [6.07, 6.45) is 2.94. The third-order valence-corrected chi connectivity index (χ3v) is 2.25. The smallest absolute Gasteiger partial charge is 0.414 e. The molecule has 16 heavy (non-hydrogen) atoms. The highest BCUT2D eigenvalue weighted by Gasteiger charge is 2.22. The summed E-state index contributed by atoms with van der Waals surface area (Å²) in [6, 6.07) is 1.40. The van der Waals surface area contributed by atoms with Crippen molar-refractivity contribution in [2.75, 3.05) is 18.1 Å². The summed E-state index contributed by atoms with van der Waals surface area (Å²) in [5, 5.41) is 8.80. The Morgan fingerprint density at radius 2 is 2.31 bits per heavy atom. The zero-order valence-electron chi connectivity index (χ0n) is 8.42. The van der Waals surface area contributed by atoms with Gasteiger partial charge in [-0.25, -0.2) is 9.59 Å². The molecule has 0 spiro atoms. The lowest BCUT2D eigenvalue weighted by molar-refractivity contribution is 0.0696. The molecule has 0 atom stereocenters. The Morgan fingerprint density at radius 3 is 3.00 bits per heavy atom. The number of aromatic nitrogens is 1. The maximum atomic E-state index is 11.4. The number of ether oxygens (including phenoxy) is 1. The van der Waals surface area contributed by atoms with E-state index in [-0.39, 0.29) is 5.56 Å². The minimum absolute atomic E-state index is 0.0517. The van der Waals surface area contributed by atoms with Crippen molar-refractivity contribution in [2.45, 2.75) is 6.42 Å². The fraction of sp³-hybridized carbons (Fsp3) is 0.300. The van der Waals surface area contributed by atoms with Gasteiger partial charge in [-0.15, -0.1) is 0 Å². The molecular weight excluding hydrogens is 212 g/mol. The average molecular weight is 222 g/mol. The number of pyridine rings is 1. The second-order valence-corrected chi connectivity index (χ2v) is 3.36. The molecule has 1 saturated heterocycles. The van der Waals surface area contributed by atoms with E-state index in [1.54, 1.807) is 0 Å². The fourth-order valence-corrected chi connectivity index (χ4v) is 1.48. The highest BCUT2D eigenvalue weighted by molar-refractivity contribution is 5.92. The first-order valence-electron chi connectivity index (χ1n) is 4.81. The molecule has 1 aromatic heterocycles. The molecule has 2 heterocycles. The fourth-order valence-electron chi connectivity index (χ4n) is 1.48. The Hall–Kier alpha value is -2.11. The number of nitrogens with zero attached hydrogens (tertiary/aromatic N) is 2. The third kappa shape index (κ3) is 1.95. The van der Waals surface area contributed by atoms with Crippen LogP contribution in [0.3, 0.4) is 0 Å². The molecule has 0 aromatic carbocycles. The number of carboxylic acids is 1. The molecule has 0 radical (unpaired) electrons. The van der Waals surface area contributed by atoms with Crippen molar-refractivity contribution in [3.63, 3.8) is 0 Å². The zero-order valence-corrected chi connectivity index (χ0v) is 8.42. The number of cyclic esters (lactones) is 1. The van der Waals surface area contributed by atoms with E-state index in [2.05, 4.69) is 4.98 Å². The van der Waals surface area contributed by atoms with E-state index in [1.165, 1.54) is 23.4 Å². The molecule has 1 aromatic rings. The van der Waals surface area contributed by atoms with Gasteiger partial charge in [0.25, 0.3) is 0 Å². The number of hydrogen-bond donors (Lipinski definition) is 1. The molecule has 84 valence electrons. The lowest BCUT2D eigenvalue weighted by Gasteiger charge is -2.26. The zero-order chi connectivity index (χ0) is 11.5. The van der Waals surface area contributed by atoms with Crippen LogP contribution in [0, 0.1) is 0 Å². The largest absolute Gasteiger partial charge is 0.478 e. The summed E-state index contributed by atoms with van der Waals surface area (Å²) in [7, 11) is 0. The van der Waals surface area contributed by atoms with Gasteiger partial charge in [0.2, 0.25) is 0 Å². The first kappa shape index (κ1) is 10.4. The number of anilines is 1. The quantitative estimate of drug-likeness (QED) is 0.811. The lowest BCUT2D eigenvalue weighted by atomic mass is 10.2. The second-order valence-electron chi connectivity index (χ2n) is 3.36. The van der Waals surface area contributed by atoms with Gasteiger partial charge in [-0.1, -0.05) is 0 Å². The first-order valence-corrected chi connectivity index (χ1v) is 4.81. The Morgan fingerprint density at radius 1 is 1.50 bits per heavy atom. The standard InChI is InChI=1S/C10H10N2O4/c13-9(14)7-4-8(6-11-5-7)12-2-1-3-16-10(12)15/h4-6H,1-3H2,(H,13,14). The summed E-state index contributed by atoms with van der Waals surface area (Å²) < 4.78 is 4.86. The predicted molar refractivity (Wildman–Crippen MR) is 54.5 cm³/mol. The van der Waals surface area contributed by atoms with Crippen LogP contribution in [0.15, 0.2) is 18.5 Å². The molecule has 2 rings (SSSR count). The van der Waals surface area contributed by atoms with Gasteiger partial charge in [-0.05, 0) is 12.5 Å². The van der Waals surface area contributed by atoms with E-state index in [1.807, 2.05) is 0 Å². The predicted octanol–water partition coefficient (Wildman–Crippen LogP) is 1.13. The number of amides is 1. The molecule has 0 bridgehead atoms. The monoisotopic (exact) mass is 222 g/mol. The molecule has 1 aliphatic heterocycles. The van der Waals surface area contributed by atoms with Gasteiger partial charge in [0.05, 0.1) is 24.1 Å². The molecule has 0 saturated carbocycles. The molecule has 6 heteroatoms. The minimum Gasteiger partial charge on any atom is -0.478 e. The van der Waals surface area contributed by atoms with Crippen LogP contribution in [0.5, 0.6) is 0 Å². The number of aromatic carboxylic acids is 1. The Balaban J connectivity index is 2.28. The van der Waals surface area contributed by atoms with Crippen molar-refractivity contribution in [2.24, 2.45) is 0 Å². The van der Waals surface area contributed by atoms with E-state index >= 15 is 0 Å². The van der Waals surface area contributed by atoms with E-state index in [0.717, 1.165) is 6.42 Å². The summed E-state index contributed by atoms with van der Waals surface area (Å²) in [4.78, 5) is 27.3. The molecule has 6 nitrogen and oxygen atoms in total. The Kier molecular flexibility index (Phi) is 2.72. The topological polar surface area (TPSA) is 79.7 Å². The van der Waals surface area contributed by atoms with E-state index in [9.17, 15) is 9.59 Å².